The predicted molar refractivity (Wildman–Crippen MR) is 80.4 cm³/mol. The number of amides is 1. The number of hydrogen-bond acceptors (Lipinski definition) is 5. The zero-order chi connectivity index (χ0) is 15.2. The van der Waals surface area contributed by atoms with Crippen molar-refractivity contribution >= 4 is 17.3 Å². The molecule has 0 aliphatic carbocycles. The first-order valence-corrected chi connectivity index (χ1v) is 7.04. The summed E-state index contributed by atoms with van der Waals surface area (Å²) in [5.74, 6) is -0.0644. The van der Waals surface area contributed by atoms with E-state index in [1.54, 1.807) is 13.0 Å². The minimum atomic E-state index is -0.441. The summed E-state index contributed by atoms with van der Waals surface area (Å²) in [4.78, 5) is 24.4. The van der Waals surface area contributed by atoms with Crippen molar-refractivity contribution in [1.82, 2.24) is 10.2 Å². The number of aryl methyl sites for hydroxylation is 1. The molecule has 1 aliphatic rings. The Hall–Kier alpha value is -1.99. The van der Waals surface area contributed by atoms with E-state index in [2.05, 4.69) is 15.5 Å². The number of nitro groups is 1. The van der Waals surface area contributed by atoms with Crippen LogP contribution in [0.4, 0.5) is 11.4 Å². The second-order valence-electron chi connectivity index (χ2n) is 5.15. The number of piperazine rings is 1. The highest BCUT2D eigenvalue weighted by molar-refractivity contribution is 5.91. The van der Waals surface area contributed by atoms with Gasteiger partial charge in [-0.3, -0.25) is 14.9 Å². The lowest BCUT2D eigenvalue weighted by atomic mass is 10.1. The van der Waals surface area contributed by atoms with Gasteiger partial charge in [0.05, 0.1) is 4.92 Å². The van der Waals surface area contributed by atoms with E-state index in [1.807, 2.05) is 0 Å². The van der Waals surface area contributed by atoms with Crippen molar-refractivity contribution in [2.75, 3.05) is 38.0 Å². The molecule has 0 saturated carbocycles. The monoisotopic (exact) mass is 292 g/mol. The molecular formula is C14H20N4O3. The Morgan fingerprint density at radius 1 is 1.43 bits per heavy atom. The summed E-state index contributed by atoms with van der Waals surface area (Å²) in [6.07, 6.45) is 0.427. The molecule has 0 unspecified atom stereocenters. The average molecular weight is 292 g/mol. The van der Waals surface area contributed by atoms with E-state index in [4.69, 9.17) is 0 Å². The Labute approximate surface area is 123 Å². The molecule has 0 atom stereocenters. The molecule has 21 heavy (non-hydrogen) atoms. The van der Waals surface area contributed by atoms with Gasteiger partial charge in [0.25, 0.3) is 5.69 Å². The van der Waals surface area contributed by atoms with Gasteiger partial charge in [-0.1, -0.05) is 0 Å². The van der Waals surface area contributed by atoms with E-state index >= 15 is 0 Å². The molecule has 0 bridgehead atoms. The fraction of sp³-hybridized carbons (Fsp3) is 0.500. The Bertz CT molecular complexity index is 527. The number of carbonyl (C=O) groups is 1. The molecule has 1 aromatic carbocycles. The van der Waals surface area contributed by atoms with Gasteiger partial charge in [0.1, 0.15) is 0 Å². The van der Waals surface area contributed by atoms with Crippen LogP contribution in [0.1, 0.15) is 12.0 Å². The summed E-state index contributed by atoms with van der Waals surface area (Å²) in [5.41, 5.74) is 1.36. The van der Waals surface area contributed by atoms with Gasteiger partial charge in [-0.15, -0.1) is 0 Å². The molecule has 7 heteroatoms. The standard InChI is InChI=1S/C14H20N4O3/c1-11-10-12(18(20)21)2-3-13(11)16-14(19)4-7-17-8-5-15-6-9-17/h2-3,10,15H,4-9H2,1H3,(H,16,19). The number of non-ortho nitro benzene ring substituents is 1. The predicted octanol–water partition coefficient (Wildman–Crippen LogP) is 1.14. The van der Waals surface area contributed by atoms with Crippen LogP contribution >= 0.6 is 0 Å². The van der Waals surface area contributed by atoms with Gasteiger partial charge in [0.2, 0.25) is 5.91 Å². The molecular weight excluding hydrogens is 272 g/mol. The van der Waals surface area contributed by atoms with Crippen LogP contribution in [0.15, 0.2) is 18.2 Å². The Morgan fingerprint density at radius 2 is 2.14 bits per heavy atom. The van der Waals surface area contributed by atoms with Gasteiger partial charge >= 0.3 is 0 Å². The zero-order valence-electron chi connectivity index (χ0n) is 12.1. The quantitative estimate of drug-likeness (QED) is 0.627. The lowest BCUT2D eigenvalue weighted by Crippen LogP contribution is -2.44. The summed E-state index contributed by atoms with van der Waals surface area (Å²) >= 11 is 0. The maximum absolute atomic E-state index is 11.9. The van der Waals surface area contributed by atoms with E-state index < -0.39 is 4.92 Å². The third-order valence-corrected chi connectivity index (χ3v) is 3.56. The third-order valence-electron chi connectivity index (χ3n) is 3.56. The summed E-state index contributed by atoms with van der Waals surface area (Å²) in [7, 11) is 0. The minimum absolute atomic E-state index is 0.0336. The van der Waals surface area contributed by atoms with E-state index in [0.717, 1.165) is 32.7 Å². The number of benzene rings is 1. The van der Waals surface area contributed by atoms with Crippen LogP contribution in [0.25, 0.3) is 0 Å². The largest absolute Gasteiger partial charge is 0.326 e. The van der Waals surface area contributed by atoms with E-state index in [1.165, 1.54) is 12.1 Å². The van der Waals surface area contributed by atoms with Crippen molar-refractivity contribution in [2.24, 2.45) is 0 Å². The summed E-state index contributed by atoms with van der Waals surface area (Å²) in [5, 5.41) is 16.8. The second kappa shape index (κ2) is 7.14. The molecule has 114 valence electrons. The van der Waals surface area contributed by atoms with Crippen molar-refractivity contribution in [3.05, 3.63) is 33.9 Å². The van der Waals surface area contributed by atoms with Gasteiger partial charge in [-0.2, -0.15) is 0 Å². The van der Waals surface area contributed by atoms with Crippen LogP contribution in [-0.2, 0) is 4.79 Å². The normalized spacial score (nSPS) is 15.7. The number of rotatable bonds is 5. The summed E-state index contributed by atoms with van der Waals surface area (Å²) in [6.45, 7) is 6.33. The minimum Gasteiger partial charge on any atom is -0.326 e. The lowest BCUT2D eigenvalue weighted by Gasteiger charge is -2.26. The van der Waals surface area contributed by atoms with Gasteiger partial charge in [0, 0.05) is 57.0 Å². The fourth-order valence-corrected chi connectivity index (χ4v) is 2.31. The molecule has 7 nitrogen and oxygen atoms in total. The molecule has 0 spiro atoms. The first kappa shape index (κ1) is 15.4. The van der Waals surface area contributed by atoms with Crippen LogP contribution in [0.2, 0.25) is 0 Å². The topological polar surface area (TPSA) is 87.5 Å². The molecule has 1 fully saturated rings. The molecule has 1 saturated heterocycles. The van der Waals surface area contributed by atoms with Crippen molar-refractivity contribution in [3.8, 4) is 0 Å². The Balaban J connectivity index is 1.85. The Kier molecular flexibility index (Phi) is 5.24. The maximum atomic E-state index is 11.9. The molecule has 1 amide bonds. The highest BCUT2D eigenvalue weighted by Crippen LogP contribution is 2.21. The van der Waals surface area contributed by atoms with Gasteiger partial charge in [0.15, 0.2) is 0 Å². The average Bonchev–Trinajstić information content (AvgIpc) is 2.48. The third kappa shape index (κ3) is 4.51. The van der Waals surface area contributed by atoms with E-state index in [0.29, 0.717) is 17.7 Å². The lowest BCUT2D eigenvalue weighted by molar-refractivity contribution is -0.384. The molecule has 0 aromatic heterocycles. The van der Waals surface area contributed by atoms with Crippen molar-refractivity contribution in [2.45, 2.75) is 13.3 Å². The number of anilines is 1. The highest BCUT2D eigenvalue weighted by atomic mass is 16.6. The van der Waals surface area contributed by atoms with Crippen molar-refractivity contribution < 1.29 is 9.72 Å². The van der Waals surface area contributed by atoms with E-state index in [-0.39, 0.29) is 11.6 Å². The second-order valence-corrected chi connectivity index (χ2v) is 5.15. The molecule has 2 N–H and O–H groups in total. The zero-order valence-corrected chi connectivity index (χ0v) is 12.1. The van der Waals surface area contributed by atoms with Crippen LogP contribution in [0.5, 0.6) is 0 Å². The Morgan fingerprint density at radius 3 is 2.76 bits per heavy atom. The maximum Gasteiger partial charge on any atom is 0.269 e. The molecule has 0 radical (unpaired) electrons. The number of hydrogen-bond donors (Lipinski definition) is 2. The number of nitrogens with zero attached hydrogens (tertiary/aromatic N) is 2. The first-order chi connectivity index (χ1) is 10.1. The molecule has 1 heterocycles. The molecule has 1 aliphatic heterocycles. The highest BCUT2D eigenvalue weighted by Gasteiger charge is 2.13. The van der Waals surface area contributed by atoms with Crippen LogP contribution < -0.4 is 10.6 Å². The van der Waals surface area contributed by atoms with Crippen LogP contribution in [0, 0.1) is 17.0 Å². The summed E-state index contributed by atoms with van der Waals surface area (Å²) in [6, 6.07) is 4.45. The number of carbonyl (C=O) groups excluding carboxylic acids is 1. The summed E-state index contributed by atoms with van der Waals surface area (Å²) < 4.78 is 0. The van der Waals surface area contributed by atoms with Gasteiger partial charge in [-0.25, -0.2) is 0 Å². The molecule has 2 rings (SSSR count). The van der Waals surface area contributed by atoms with Gasteiger partial charge in [-0.05, 0) is 18.6 Å². The SMILES string of the molecule is Cc1cc([N+](=O)[O-])ccc1NC(=O)CCN1CCNCC1. The van der Waals surface area contributed by atoms with Crippen molar-refractivity contribution in [1.29, 1.82) is 0 Å². The number of nitrogens with one attached hydrogen (secondary N) is 2. The fourth-order valence-electron chi connectivity index (χ4n) is 2.31. The van der Waals surface area contributed by atoms with Crippen LogP contribution in [0.3, 0.4) is 0 Å². The van der Waals surface area contributed by atoms with E-state index in [9.17, 15) is 14.9 Å². The number of nitro benzene ring substituents is 1. The van der Waals surface area contributed by atoms with Crippen molar-refractivity contribution in [3.63, 3.8) is 0 Å². The van der Waals surface area contributed by atoms with Crippen LogP contribution in [-0.4, -0.2) is 48.5 Å². The van der Waals surface area contributed by atoms with Gasteiger partial charge < -0.3 is 15.5 Å². The first-order valence-electron chi connectivity index (χ1n) is 7.04. The molecule has 1 aromatic rings. The smallest absolute Gasteiger partial charge is 0.269 e.